The lowest BCUT2D eigenvalue weighted by atomic mass is 10.3. The van der Waals surface area contributed by atoms with Crippen LogP contribution in [0.4, 0.5) is 0 Å². The molecule has 122 valence electrons. The molecule has 2 rings (SSSR count). The van der Waals surface area contributed by atoms with E-state index >= 15 is 0 Å². The molecule has 0 aliphatic heterocycles. The van der Waals surface area contributed by atoms with Crippen LogP contribution in [0.15, 0.2) is 59.3 Å². The molecule has 0 saturated carbocycles. The second-order valence-electron chi connectivity index (χ2n) is 4.65. The molecule has 2 aromatic rings. The molecule has 24 heavy (non-hydrogen) atoms. The van der Waals surface area contributed by atoms with Crippen LogP contribution in [0.3, 0.4) is 0 Å². The van der Waals surface area contributed by atoms with Gasteiger partial charge in [-0.1, -0.05) is 0 Å². The van der Waals surface area contributed by atoms with E-state index in [1.807, 2.05) is 0 Å². The third kappa shape index (κ3) is 6.56. The Bertz CT molecular complexity index is 652. The van der Waals surface area contributed by atoms with Crippen LogP contribution in [0.1, 0.15) is 24.0 Å². The number of aromatic nitrogens is 2. The van der Waals surface area contributed by atoms with Crippen LogP contribution in [0.25, 0.3) is 0 Å². The molecule has 0 saturated heterocycles. The van der Waals surface area contributed by atoms with E-state index in [1.165, 1.54) is 12.4 Å². The summed E-state index contributed by atoms with van der Waals surface area (Å²) in [6.07, 6.45) is 9.53. The van der Waals surface area contributed by atoms with Gasteiger partial charge in [-0.3, -0.25) is 19.6 Å². The first kappa shape index (κ1) is 16.9. The number of hydrazone groups is 2. The summed E-state index contributed by atoms with van der Waals surface area (Å²) in [6, 6.07) is 7.02. The van der Waals surface area contributed by atoms with Crippen molar-refractivity contribution in [3.05, 3.63) is 60.2 Å². The molecular weight excluding hydrogens is 308 g/mol. The van der Waals surface area contributed by atoms with Crippen LogP contribution in [-0.2, 0) is 9.59 Å². The Morgan fingerprint density at radius 1 is 0.792 bits per heavy atom. The number of carbonyl (C=O) groups excluding carboxylic acids is 2. The fourth-order valence-corrected chi connectivity index (χ4v) is 1.60. The maximum Gasteiger partial charge on any atom is 0.240 e. The Hall–Kier alpha value is -3.42. The SMILES string of the molecule is O=C(CCC(=O)NN=Cc1ccncc1)NN=Cc1ccncc1. The first-order chi connectivity index (χ1) is 11.7. The normalized spacial score (nSPS) is 10.8. The van der Waals surface area contributed by atoms with Crippen molar-refractivity contribution in [2.24, 2.45) is 10.2 Å². The summed E-state index contributed by atoms with van der Waals surface area (Å²) in [5, 5.41) is 7.60. The van der Waals surface area contributed by atoms with Gasteiger partial charge in [0.05, 0.1) is 12.4 Å². The van der Waals surface area contributed by atoms with Gasteiger partial charge in [0, 0.05) is 37.6 Å². The van der Waals surface area contributed by atoms with Gasteiger partial charge in [-0.15, -0.1) is 0 Å². The second kappa shape index (κ2) is 9.57. The van der Waals surface area contributed by atoms with E-state index in [2.05, 4.69) is 31.0 Å². The summed E-state index contributed by atoms with van der Waals surface area (Å²) in [5.74, 6) is -0.706. The first-order valence-electron chi connectivity index (χ1n) is 7.18. The second-order valence-corrected chi connectivity index (χ2v) is 4.65. The third-order valence-electron chi connectivity index (χ3n) is 2.80. The topological polar surface area (TPSA) is 109 Å². The Morgan fingerprint density at radius 3 is 1.54 bits per heavy atom. The number of nitrogens with one attached hydrogen (secondary N) is 2. The van der Waals surface area contributed by atoms with Crippen LogP contribution in [0, 0.1) is 0 Å². The van der Waals surface area contributed by atoms with Crippen LogP contribution in [0.2, 0.25) is 0 Å². The molecule has 0 unspecified atom stereocenters. The Balaban J connectivity index is 1.65. The quantitative estimate of drug-likeness (QED) is 0.581. The maximum atomic E-state index is 11.6. The number of pyridine rings is 2. The highest BCUT2D eigenvalue weighted by Gasteiger charge is 2.05. The largest absolute Gasteiger partial charge is 0.273 e. The fraction of sp³-hybridized carbons (Fsp3) is 0.125. The minimum absolute atomic E-state index is 0.0182. The number of rotatable bonds is 7. The predicted octanol–water partition coefficient (Wildman–Crippen LogP) is 0.857. The van der Waals surface area contributed by atoms with Crippen molar-refractivity contribution in [3.63, 3.8) is 0 Å². The number of carbonyl (C=O) groups is 2. The van der Waals surface area contributed by atoms with Gasteiger partial charge in [0.15, 0.2) is 0 Å². The van der Waals surface area contributed by atoms with Crippen LogP contribution in [0.5, 0.6) is 0 Å². The van der Waals surface area contributed by atoms with Crippen molar-refractivity contribution in [1.29, 1.82) is 0 Å². The molecule has 0 fully saturated rings. The van der Waals surface area contributed by atoms with Crippen molar-refractivity contribution in [1.82, 2.24) is 20.8 Å². The lowest BCUT2D eigenvalue weighted by molar-refractivity contribution is -0.126. The van der Waals surface area contributed by atoms with Crippen molar-refractivity contribution in [2.75, 3.05) is 0 Å². The average molecular weight is 324 g/mol. The van der Waals surface area contributed by atoms with Crippen LogP contribution < -0.4 is 10.9 Å². The molecule has 0 spiro atoms. The number of nitrogens with zero attached hydrogens (tertiary/aromatic N) is 4. The zero-order valence-corrected chi connectivity index (χ0v) is 12.8. The predicted molar refractivity (Wildman–Crippen MR) is 89.2 cm³/mol. The summed E-state index contributed by atoms with van der Waals surface area (Å²) in [6.45, 7) is 0. The van der Waals surface area contributed by atoms with E-state index in [0.717, 1.165) is 11.1 Å². The molecule has 0 aliphatic carbocycles. The molecule has 0 aliphatic rings. The fourth-order valence-electron chi connectivity index (χ4n) is 1.60. The molecule has 0 atom stereocenters. The van der Waals surface area contributed by atoms with Gasteiger partial charge >= 0.3 is 0 Å². The molecular formula is C16H16N6O2. The van der Waals surface area contributed by atoms with Crippen molar-refractivity contribution < 1.29 is 9.59 Å². The standard InChI is InChI=1S/C16H16N6O2/c23-15(21-19-11-13-3-7-17-8-4-13)1-2-16(24)22-20-12-14-5-9-18-10-6-14/h3-12H,1-2H2,(H,21,23)(H,22,24). The van der Waals surface area contributed by atoms with E-state index < -0.39 is 0 Å². The summed E-state index contributed by atoms with van der Waals surface area (Å²) in [7, 11) is 0. The van der Waals surface area contributed by atoms with Crippen molar-refractivity contribution >= 4 is 24.2 Å². The van der Waals surface area contributed by atoms with E-state index in [-0.39, 0.29) is 24.7 Å². The minimum Gasteiger partial charge on any atom is -0.273 e. The van der Waals surface area contributed by atoms with Crippen molar-refractivity contribution in [2.45, 2.75) is 12.8 Å². The zero-order chi connectivity index (χ0) is 17.0. The molecule has 2 aromatic heterocycles. The molecule has 2 amide bonds. The molecule has 2 N–H and O–H groups in total. The van der Waals surface area contributed by atoms with Crippen LogP contribution >= 0.6 is 0 Å². The highest BCUT2D eigenvalue weighted by atomic mass is 16.2. The summed E-state index contributed by atoms with van der Waals surface area (Å²) in [5.41, 5.74) is 6.33. The smallest absolute Gasteiger partial charge is 0.240 e. The monoisotopic (exact) mass is 324 g/mol. The summed E-state index contributed by atoms with van der Waals surface area (Å²) >= 11 is 0. The van der Waals surface area contributed by atoms with Gasteiger partial charge in [0.1, 0.15) is 0 Å². The van der Waals surface area contributed by atoms with E-state index in [4.69, 9.17) is 0 Å². The van der Waals surface area contributed by atoms with Gasteiger partial charge in [-0.05, 0) is 35.4 Å². The van der Waals surface area contributed by atoms with E-state index in [0.29, 0.717) is 0 Å². The number of amides is 2. The van der Waals surface area contributed by atoms with Gasteiger partial charge in [0.2, 0.25) is 11.8 Å². The Kier molecular flexibility index (Phi) is 6.75. The van der Waals surface area contributed by atoms with Gasteiger partial charge < -0.3 is 0 Å². The lowest BCUT2D eigenvalue weighted by Gasteiger charge is -2.00. The Labute approximate surface area is 138 Å². The molecule has 8 heteroatoms. The zero-order valence-electron chi connectivity index (χ0n) is 12.8. The third-order valence-corrected chi connectivity index (χ3v) is 2.80. The molecule has 2 heterocycles. The Morgan fingerprint density at radius 2 is 1.17 bits per heavy atom. The maximum absolute atomic E-state index is 11.6. The average Bonchev–Trinajstić information content (AvgIpc) is 2.62. The molecule has 0 radical (unpaired) electrons. The van der Waals surface area contributed by atoms with Gasteiger partial charge in [-0.25, -0.2) is 10.9 Å². The van der Waals surface area contributed by atoms with Crippen LogP contribution in [-0.4, -0.2) is 34.2 Å². The van der Waals surface area contributed by atoms with E-state index in [9.17, 15) is 9.59 Å². The lowest BCUT2D eigenvalue weighted by Crippen LogP contribution is -2.22. The molecule has 0 aromatic carbocycles. The first-order valence-corrected chi connectivity index (χ1v) is 7.18. The summed E-state index contributed by atoms with van der Waals surface area (Å²) in [4.78, 5) is 30.9. The number of hydrogen-bond acceptors (Lipinski definition) is 6. The van der Waals surface area contributed by atoms with Crippen molar-refractivity contribution in [3.8, 4) is 0 Å². The van der Waals surface area contributed by atoms with Gasteiger partial charge in [0.25, 0.3) is 0 Å². The minimum atomic E-state index is -0.353. The molecule has 0 bridgehead atoms. The van der Waals surface area contributed by atoms with E-state index in [1.54, 1.807) is 49.1 Å². The summed E-state index contributed by atoms with van der Waals surface area (Å²) < 4.78 is 0. The molecule has 8 nitrogen and oxygen atoms in total. The number of hydrogen-bond donors (Lipinski definition) is 2. The van der Waals surface area contributed by atoms with Gasteiger partial charge in [-0.2, -0.15) is 10.2 Å². The highest BCUT2D eigenvalue weighted by molar-refractivity contribution is 5.86. The highest BCUT2D eigenvalue weighted by Crippen LogP contribution is 1.93.